The average molecular weight is 268 g/mol. The van der Waals surface area contributed by atoms with Gasteiger partial charge in [0, 0.05) is 19.4 Å². The third-order valence-electron chi connectivity index (χ3n) is 4.29. The largest absolute Gasteiger partial charge is 0.466 e. The van der Waals surface area contributed by atoms with Crippen LogP contribution >= 0.6 is 0 Å². The summed E-state index contributed by atoms with van der Waals surface area (Å²) in [5.74, 6) is 0.372. The van der Waals surface area contributed by atoms with E-state index in [0.29, 0.717) is 25.4 Å². The van der Waals surface area contributed by atoms with E-state index >= 15 is 0 Å². The van der Waals surface area contributed by atoms with Crippen LogP contribution in [0.1, 0.15) is 58.3 Å². The Hall–Kier alpha value is -0.900. The van der Waals surface area contributed by atoms with E-state index in [-0.39, 0.29) is 23.8 Å². The van der Waals surface area contributed by atoms with Crippen molar-refractivity contribution < 1.29 is 19.1 Å². The highest BCUT2D eigenvalue weighted by atomic mass is 16.5. The first kappa shape index (κ1) is 14.5. The topological polar surface area (TPSA) is 52.6 Å². The van der Waals surface area contributed by atoms with Gasteiger partial charge in [-0.05, 0) is 44.9 Å². The van der Waals surface area contributed by atoms with Crippen LogP contribution in [-0.4, -0.2) is 30.6 Å². The molecule has 1 atom stereocenters. The lowest BCUT2D eigenvalue weighted by molar-refractivity contribution is -0.149. The first-order chi connectivity index (χ1) is 9.13. The SMILES string of the molecule is CCOC(=O)CCC(=O)CC1CCOC2(CCC2)C1. The number of esters is 1. The highest BCUT2D eigenvalue weighted by Gasteiger charge is 2.42. The van der Waals surface area contributed by atoms with Gasteiger partial charge in [0.25, 0.3) is 0 Å². The zero-order valence-electron chi connectivity index (χ0n) is 11.8. The Kier molecular flexibility index (Phi) is 4.97. The Morgan fingerprint density at radius 2 is 2.11 bits per heavy atom. The average Bonchev–Trinajstić information content (AvgIpc) is 2.35. The van der Waals surface area contributed by atoms with Gasteiger partial charge in [-0.25, -0.2) is 0 Å². The van der Waals surface area contributed by atoms with Crippen LogP contribution in [0.15, 0.2) is 0 Å². The Balaban J connectivity index is 1.68. The van der Waals surface area contributed by atoms with Gasteiger partial charge in [0.2, 0.25) is 0 Å². The number of hydrogen-bond donors (Lipinski definition) is 0. The second kappa shape index (κ2) is 6.51. The van der Waals surface area contributed by atoms with E-state index in [0.717, 1.165) is 32.3 Å². The minimum Gasteiger partial charge on any atom is -0.466 e. The van der Waals surface area contributed by atoms with Crippen molar-refractivity contribution in [3.63, 3.8) is 0 Å². The van der Waals surface area contributed by atoms with Gasteiger partial charge in [0.1, 0.15) is 5.78 Å². The maximum atomic E-state index is 11.9. The van der Waals surface area contributed by atoms with Crippen molar-refractivity contribution in [2.75, 3.05) is 13.2 Å². The summed E-state index contributed by atoms with van der Waals surface area (Å²) in [6.07, 6.45) is 6.71. The van der Waals surface area contributed by atoms with Gasteiger partial charge in [0.15, 0.2) is 0 Å². The lowest BCUT2D eigenvalue weighted by Gasteiger charge is -2.47. The molecular weight excluding hydrogens is 244 g/mol. The maximum absolute atomic E-state index is 11.9. The molecule has 19 heavy (non-hydrogen) atoms. The first-order valence-corrected chi connectivity index (χ1v) is 7.45. The highest BCUT2D eigenvalue weighted by Crippen LogP contribution is 2.45. The molecule has 1 heterocycles. The van der Waals surface area contributed by atoms with Crippen molar-refractivity contribution in [1.29, 1.82) is 0 Å². The first-order valence-electron chi connectivity index (χ1n) is 7.45. The molecule has 1 saturated carbocycles. The second-order valence-electron chi connectivity index (χ2n) is 5.79. The smallest absolute Gasteiger partial charge is 0.306 e. The molecule has 1 spiro atoms. The van der Waals surface area contributed by atoms with Gasteiger partial charge >= 0.3 is 5.97 Å². The van der Waals surface area contributed by atoms with Crippen molar-refractivity contribution in [1.82, 2.24) is 0 Å². The third-order valence-corrected chi connectivity index (χ3v) is 4.29. The Bertz CT molecular complexity index is 333. The van der Waals surface area contributed by atoms with Crippen LogP contribution in [0.5, 0.6) is 0 Å². The fraction of sp³-hybridized carbons (Fsp3) is 0.867. The van der Waals surface area contributed by atoms with Crippen LogP contribution in [0.3, 0.4) is 0 Å². The summed E-state index contributed by atoms with van der Waals surface area (Å²) in [6, 6.07) is 0. The lowest BCUT2D eigenvalue weighted by atomic mass is 9.71. The van der Waals surface area contributed by atoms with Crippen LogP contribution in [0.2, 0.25) is 0 Å². The second-order valence-corrected chi connectivity index (χ2v) is 5.79. The molecule has 4 heteroatoms. The molecule has 0 aromatic heterocycles. The Morgan fingerprint density at radius 3 is 2.74 bits per heavy atom. The van der Waals surface area contributed by atoms with E-state index in [9.17, 15) is 9.59 Å². The molecule has 0 aromatic rings. The molecule has 4 nitrogen and oxygen atoms in total. The molecule has 1 aliphatic carbocycles. The summed E-state index contributed by atoms with van der Waals surface area (Å²) in [5.41, 5.74) is 0.102. The Morgan fingerprint density at radius 1 is 1.32 bits per heavy atom. The normalized spacial score (nSPS) is 24.8. The van der Waals surface area contributed by atoms with Gasteiger partial charge in [-0.15, -0.1) is 0 Å². The van der Waals surface area contributed by atoms with Crippen LogP contribution in [0.25, 0.3) is 0 Å². The minimum atomic E-state index is -0.265. The van der Waals surface area contributed by atoms with Crippen molar-refractivity contribution in [3.05, 3.63) is 0 Å². The highest BCUT2D eigenvalue weighted by molar-refractivity contribution is 5.83. The molecule has 2 aliphatic rings. The Labute approximate surface area is 114 Å². The predicted octanol–water partition coefficient (Wildman–Crippen LogP) is 2.64. The fourth-order valence-electron chi connectivity index (χ4n) is 3.12. The van der Waals surface area contributed by atoms with E-state index in [2.05, 4.69) is 0 Å². The van der Waals surface area contributed by atoms with Crippen molar-refractivity contribution in [2.45, 2.75) is 63.9 Å². The number of carbonyl (C=O) groups is 2. The molecule has 0 aromatic carbocycles. The van der Waals surface area contributed by atoms with Crippen molar-refractivity contribution in [2.24, 2.45) is 5.92 Å². The maximum Gasteiger partial charge on any atom is 0.306 e. The van der Waals surface area contributed by atoms with Crippen molar-refractivity contribution in [3.8, 4) is 0 Å². The number of hydrogen-bond acceptors (Lipinski definition) is 4. The van der Waals surface area contributed by atoms with Crippen molar-refractivity contribution >= 4 is 11.8 Å². The number of rotatable bonds is 6. The zero-order valence-corrected chi connectivity index (χ0v) is 11.8. The molecule has 0 N–H and O–H groups in total. The number of ketones is 1. The molecule has 2 rings (SSSR count). The molecule has 0 bridgehead atoms. The summed E-state index contributed by atoms with van der Waals surface area (Å²) in [7, 11) is 0. The van der Waals surface area contributed by atoms with Crippen LogP contribution in [-0.2, 0) is 19.1 Å². The molecule has 1 saturated heterocycles. The summed E-state index contributed by atoms with van der Waals surface area (Å²) >= 11 is 0. The monoisotopic (exact) mass is 268 g/mol. The summed E-state index contributed by atoms with van der Waals surface area (Å²) in [5, 5.41) is 0. The van der Waals surface area contributed by atoms with Gasteiger partial charge < -0.3 is 9.47 Å². The van der Waals surface area contributed by atoms with Gasteiger partial charge in [-0.1, -0.05) is 0 Å². The quantitative estimate of drug-likeness (QED) is 0.695. The summed E-state index contributed by atoms with van der Waals surface area (Å²) < 4.78 is 10.7. The van der Waals surface area contributed by atoms with Crippen LogP contribution in [0.4, 0.5) is 0 Å². The van der Waals surface area contributed by atoms with Gasteiger partial charge in [0.05, 0.1) is 18.6 Å². The van der Waals surface area contributed by atoms with E-state index < -0.39 is 0 Å². The standard InChI is InChI=1S/C15H24O4/c1-2-18-14(17)5-4-13(16)10-12-6-9-19-15(11-12)7-3-8-15/h12H,2-11H2,1H3. The van der Waals surface area contributed by atoms with E-state index in [4.69, 9.17) is 9.47 Å². The molecular formula is C15H24O4. The lowest BCUT2D eigenvalue weighted by Crippen LogP contribution is -2.45. The molecule has 0 amide bonds. The molecule has 0 radical (unpaired) electrons. The fourth-order valence-corrected chi connectivity index (χ4v) is 3.12. The van der Waals surface area contributed by atoms with Gasteiger partial charge in [-0.2, -0.15) is 0 Å². The van der Waals surface area contributed by atoms with E-state index in [1.807, 2.05) is 0 Å². The third kappa shape index (κ3) is 4.03. The molecule has 1 unspecified atom stereocenters. The summed E-state index contributed by atoms with van der Waals surface area (Å²) in [4.78, 5) is 23.1. The van der Waals surface area contributed by atoms with Crippen LogP contribution in [0, 0.1) is 5.92 Å². The van der Waals surface area contributed by atoms with E-state index in [1.54, 1.807) is 6.92 Å². The zero-order chi connectivity index (χ0) is 13.7. The van der Waals surface area contributed by atoms with Gasteiger partial charge in [-0.3, -0.25) is 9.59 Å². The number of Topliss-reactive ketones (excluding diaryl/α,β-unsaturated/α-hetero) is 1. The van der Waals surface area contributed by atoms with E-state index in [1.165, 1.54) is 6.42 Å². The predicted molar refractivity (Wildman–Crippen MR) is 70.7 cm³/mol. The molecule has 108 valence electrons. The minimum absolute atomic E-state index is 0.102. The molecule has 1 aliphatic heterocycles. The summed E-state index contributed by atoms with van der Waals surface area (Å²) in [6.45, 7) is 2.95. The number of ether oxygens (including phenoxy) is 2. The number of carbonyl (C=O) groups excluding carboxylic acids is 2. The molecule has 2 fully saturated rings. The van der Waals surface area contributed by atoms with Crippen LogP contribution < -0.4 is 0 Å².